The van der Waals surface area contributed by atoms with Crippen molar-refractivity contribution in [3.63, 3.8) is 0 Å². The van der Waals surface area contributed by atoms with Crippen LogP contribution in [0.5, 0.6) is 0 Å². The Hall–Kier alpha value is -1.66. The molecule has 0 aromatic carbocycles. The molecule has 1 unspecified atom stereocenters. The zero-order valence-electron chi connectivity index (χ0n) is 11.1. The molecule has 0 radical (unpaired) electrons. The van der Waals surface area contributed by atoms with Crippen LogP contribution in [0.15, 0.2) is 10.9 Å². The van der Waals surface area contributed by atoms with Crippen molar-refractivity contribution in [2.24, 2.45) is 0 Å². The highest BCUT2D eigenvalue weighted by atomic mass is 16.5. The molecule has 2 rings (SSSR count). The van der Waals surface area contributed by atoms with E-state index in [0.717, 1.165) is 5.69 Å². The van der Waals surface area contributed by atoms with E-state index in [1.54, 1.807) is 24.8 Å². The predicted octanol–water partition coefficient (Wildman–Crippen LogP) is -0.175. The third-order valence-electron chi connectivity index (χ3n) is 3.21. The topological polar surface area (TPSA) is 82.6 Å². The van der Waals surface area contributed by atoms with Crippen LogP contribution in [0, 0.1) is 13.8 Å². The number of morpholine rings is 1. The minimum absolute atomic E-state index is 0.132. The fourth-order valence-electron chi connectivity index (χ4n) is 2.29. The lowest BCUT2D eigenvalue weighted by molar-refractivity contribution is -0.0447. The Morgan fingerprint density at radius 1 is 1.58 bits per heavy atom. The fraction of sp³-hybridized carbons (Fsp3) is 0.538. The first-order valence-electron chi connectivity index (χ1n) is 6.25. The monoisotopic (exact) mass is 266 g/mol. The molecular formula is C13H18N2O4. The SMILES string of the molecule is Cc1cc(C)c(C(=O)N2CCOC(CO)C2)c(=O)[nH]1. The molecule has 0 spiro atoms. The number of nitrogens with one attached hydrogen (secondary N) is 1. The van der Waals surface area contributed by atoms with Gasteiger partial charge in [0.05, 0.1) is 19.3 Å². The van der Waals surface area contributed by atoms with Crippen LogP contribution in [0.25, 0.3) is 0 Å². The number of aromatic amines is 1. The number of aromatic nitrogens is 1. The lowest BCUT2D eigenvalue weighted by Gasteiger charge is -2.32. The summed E-state index contributed by atoms with van der Waals surface area (Å²) in [5, 5.41) is 9.08. The zero-order chi connectivity index (χ0) is 14.0. The number of pyridine rings is 1. The largest absolute Gasteiger partial charge is 0.394 e. The van der Waals surface area contributed by atoms with Gasteiger partial charge in [-0.15, -0.1) is 0 Å². The van der Waals surface area contributed by atoms with Crippen LogP contribution in [0.1, 0.15) is 21.6 Å². The number of hydrogen-bond acceptors (Lipinski definition) is 4. The number of nitrogens with zero attached hydrogens (tertiary/aromatic N) is 1. The normalized spacial score (nSPS) is 19.5. The molecule has 1 aromatic rings. The maximum atomic E-state index is 12.4. The van der Waals surface area contributed by atoms with Crippen molar-refractivity contribution < 1.29 is 14.6 Å². The number of amides is 1. The standard InChI is InChI=1S/C13H18N2O4/c1-8-5-9(2)14-12(17)11(8)13(18)15-3-4-19-10(6-15)7-16/h5,10,16H,3-4,6-7H2,1-2H3,(H,14,17). The Morgan fingerprint density at radius 3 is 2.95 bits per heavy atom. The highest BCUT2D eigenvalue weighted by molar-refractivity contribution is 5.95. The number of aryl methyl sites for hydroxylation is 2. The van der Waals surface area contributed by atoms with E-state index in [4.69, 9.17) is 9.84 Å². The molecule has 6 nitrogen and oxygen atoms in total. The molecule has 1 saturated heterocycles. The van der Waals surface area contributed by atoms with E-state index >= 15 is 0 Å². The van der Waals surface area contributed by atoms with Crippen molar-refractivity contribution in [3.8, 4) is 0 Å². The molecule has 0 bridgehead atoms. The third-order valence-corrected chi connectivity index (χ3v) is 3.21. The van der Waals surface area contributed by atoms with Crippen LogP contribution in [-0.4, -0.2) is 53.3 Å². The summed E-state index contributed by atoms with van der Waals surface area (Å²) in [4.78, 5) is 28.5. The van der Waals surface area contributed by atoms with E-state index in [1.165, 1.54) is 0 Å². The Morgan fingerprint density at radius 2 is 2.32 bits per heavy atom. The zero-order valence-corrected chi connectivity index (χ0v) is 11.1. The summed E-state index contributed by atoms with van der Waals surface area (Å²) in [7, 11) is 0. The van der Waals surface area contributed by atoms with Crippen molar-refractivity contribution >= 4 is 5.91 Å². The summed E-state index contributed by atoms with van der Waals surface area (Å²) in [6, 6.07) is 1.78. The average Bonchev–Trinajstić information content (AvgIpc) is 2.37. The van der Waals surface area contributed by atoms with E-state index in [0.29, 0.717) is 25.3 Å². The van der Waals surface area contributed by atoms with Crippen LogP contribution < -0.4 is 5.56 Å². The van der Waals surface area contributed by atoms with E-state index in [-0.39, 0.29) is 29.7 Å². The van der Waals surface area contributed by atoms with Crippen LogP contribution in [-0.2, 0) is 4.74 Å². The van der Waals surface area contributed by atoms with Crippen molar-refractivity contribution in [2.75, 3.05) is 26.3 Å². The maximum Gasteiger partial charge on any atom is 0.261 e. The molecule has 1 fully saturated rings. The summed E-state index contributed by atoms with van der Waals surface area (Å²) >= 11 is 0. The first-order valence-corrected chi connectivity index (χ1v) is 6.25. The number of aliphatic hydroxyl groups is 1. The highest BCUT2D eigenvalue weighted by Gasteiger charge is 2.27. The quantitative estimate of drug-likeness (QED) is 0.778. The van der Waals surface area contributed by atoms with Gasteiger partial charge in [0.15, 0.2) is 0 Å². The molecule has 0 aliphatic carbocycles. The summed E-state index contributed by atoms with van der Waals surface area (Å²) in [5.74, 6) is -0.305. The van der Waals surface area contributed by atoms with Gasteiger partial charge in [-0.25, -0.2) is 0 Å². The first kappa shape index (κ1) is 13.8. The average molecular weight is 266 g/mol. The van der Waals surface area contributed by atoms with E-state index in [2.05, 4.69) is 4.98 Å². The Bertz CT molecular complexity index is 538. The first-order chi connectivity index (χ1) is 9.02. The lowest BCUT2D eigenvalue weighted by Crippen LogP contribution is -2.48. The molecule has 2 heterocycles. The third kappa shape index (κ3) is 2.85. The van der Waals surface area contributed by atoms with Crippen LogP contribution in [0.3, 0.4) is 0 Å². The molecule has 104 valence electrons. The van der Waals surface area contributed by atoms with Gasteiger partial charge in [-0.3, -0.25) is 9.59 Å². The Kier molecular flexibility index (Phi) is 4.01. The van der Waals surface area contributed by atoms with Gasteiger partial charge in [0.1, 0.15) is 5.56 Å². The van der Waals surface area contributed by atoms with Gasteiger partial charge in [0.2, 0.25) is 0 Å². The fourth-order valence-corrected chi connectivity index (χ4v) is 2.29. The molecule has 1 aromatic heterocycles. The second-order valence-corrected chi connectivity index (χ2v) is 4.77. The minimum atomic E-state index is -0.373. The summed E-state index contributed by atoms with van der Waals surface area (Å²) in [6.07, 6.45) is -0.373. The number of ether oxygens (including phenoxy) is 1. The molecule has 2 N–H and O–H groups in total. The smallest absolute Gasteiger partial charge is 0.261 e. The number of carbonyl (C=O) groups excluding carboxylic acids is 1. The van der Waals surface area contributed by atoms with Gasteiger partial charge < -0.3 is 19.7 Å². The number of aliphatic hydroxyl groups excluding tert-OH is 1. The van der Waals surface area contributed by atoms with Gasteiger partial charge in [0, 0.05) is 18.8 Å². The number of carbonyl (C=O) groups is 1. The molecular weight excluding hydrogens is 248 g/mol. The Balaban J connectivity index is 2.27. The molecule has 19 heavy (non-hydrogen) atoms. The van der Waals surface area contributed by atoms with Crippen molar-refractivity contribution in [1.29, 1.82) is 0 Å². The van der Waals surface area contributed by atoms with Gasteiger partial charge in [-0.05, 0) is 25.5 Å². The molecule has 1 aliphatic heterocycles. The Labute approximate surface area is 111 Å². The van der Waals surface area contributed by atoms with Crippen molar-refractivity contribution in [3.05, 3.63) is 33.2 Å². The van der Waals surface area contributed by atoms with Gasteiger partial charge in [-0.1, -0.05) is 0 Å². The van der Waals surface area contributed by atoms with Gasteiger partial charge in [-0.2, -0.15) is 0 Å². The second kappa shape index (κ2) is 5.54. The highest BCUT2D eigenvalue weighted by Crippen LogP contribution is 2.11. The summed E-state index contributed by atoms with van der Waals surface area (Å²) in [6.45, 7) is 4.51. The molecule has 0 saturated carbocycles. The molecule has 1 amide bonds. The van der Waals surface area contributed by atoms with Gasteiger partial charge >= 0.3 is 0 Å². The minimum Gasteiger partial charge on any atom is -0.394 e. The maximum absolute atomic E-state index is 12.4. The van der Waals surface area contributed by atoms with E-state index < -0.39 is 0 Å². The van der Waals surface area contributed by atoms with Crippen LogP contribution >= 0.6 is 0 Å². The number of rotatable bonds is 2. The molecule has 1 aliphatic rings. The van der Waals surface area contributed by atoms with Crippen molar-refractivity contribution in [1.82, 2.24) is 9.88 Å². The summed E-state index contributed by atoms with van der Waals surface area (Å²) < 4.78 is 5.29. The lowest BCUT2D eigenvalue weighted by atomic mass is 10.1. The summed E-state index contributed by atoms with van der Waals surface area (Å²) in [5.41, 5.74) is 1.20. The molecule has 1 atom stereocenters. The van der Waals surface area contributed by atoms with Crippen LogP contribution in [0.2, 0.25) is 0 Å². The molecule has 6 heteroatoms. The van der Waals surface area contributed by atoms with Crippen molar-refractivity contribution in [2.45, 2.75) is 20.0 Å². The van der Waals surface area contributed by atoms with E-state index in [1.807, 2.05) is 0 Å². The van der Waals surface area contributed by atoms with Crippen LogP contribution in [0.4, 0.5) is 0 Å². The van der Waals surface area contributed by atoms with E-state index in [9.17, 15) is 9.59 Å². The predicted molar refractivity (Wildman–Crippen MR) is 69.3 cm³/mol. The number of hydrogen-bond donors (Lipinski definition) is 2. The van der Waals surface area contributed by atoms with Gasteiger partial charge in [0.25, 0.3) is 11.5 Å². The number of H-pyrrole nitrogens is 1. The second-order valence-electron chi connectivity index (χ2n) is 4.77.